The number of ether oxygens (including phenoxy) is 1. The Morgan fingerprint density at radius 2 is 2.13 bits per heavy atom. The van der Waals surface area contributed by atoms with E-state index in [2.05, 4.69) is 15.5 Å². The summed E-state index contributed by atoms with van der Waals surface area (Å²) in [7, 11) is 0. The number of carbonyl (C=O) groups excluding carboxylic acids is 2. The van der Waals surface area contributed by atoms with Gasteiger partial charge >= 0.3 is 0 Å². The van der Waals surface area contributed by atoms with Crippen LogP contribution in [0.3, 0.4) is 0 Å². The Morgan fingerprint density at radius 3 is 2.74 bits per heavy atom. The van der Waals surface area contributed by atoms with Crippen molar-refractivity contribution in [2.24, 2.45) is 10.2 Å². The maximum atomic E-state index is 11.5. The average molecular weight is 334 g/mol. The Balaban J connectivity index is 1.93. The van der Waals surface area contributed by atoms with Crippen molar-refractivity contribution in [3.05, 3.63) is 29.8 Å². The van der Waals surface area contributed by atoms with Crippen LogP contribution in [0.1, 0.15) is 25.8 Å². The van der Waals surface area contributed by atoms with Crippen LogP contribution in [0.25, 0.3) is 0 Å². The molecule has 1 heterocycles. The molecule has 0 bridgehead atoms. The lowest BCUT2D eigenvalue weighted by atomic mass is 10.2. The number of nitrogens with one attached hydrogen (secondary N) is 1. The molecular weight excluding hydrogens is 318 g/mol. The second-order valence-electron chi connectivity index (χ2n) is 5.06. The maximum Gasteiger partial charge on any atom is 0.239 e. The first-order chi connectivity index (χ1) is 10.9. The largest absolute Gasteiger partial charge is 0.550 e. The minimum atomic E-state index is -1.27. The highest BCUT2D eigenvalue weighted by Gasteiger charge is 2.30. The van der Waals surface area contributed by atoms with Gasteiger partial charge in [0.2, 0.25) is 5.91 Å². The van der Waals surface area contributed by atoms with Crippen LogP contribution in [-0.2, 0) is 9.59 Å². The van der Waals surface area contributed by atoms with E-state index < -0.39 is 17.1 Å². The van der Waals surface area contributed by atoms with Crippen LogP contribution < -0.4 is 15.2 Å². The van der Waals surface area contributed by atoms with E-state index in [9.17, 15) is 14.7 Å². The summed E-state index contributed by atoms with van der Waals surface area (Å²) in [5, 5.41) is 20.3. The number of hydrogen-bond acceptors (Lipinski definition) is 7. The number of benzene rings is 1. The number of nitrogens with zero attached hydrogens (tertiary/aromatic N) is 2. The minimum absolute atomic E-state index is 0.109. The second kappa shape index (κ2) is 7.77. The lowest BCUT2D eigenvalue weighted by Gasteiger charge is -2.08. The highest BCUT2D eigenvalue weighted by atomic mass is 32.2. The van der Waals surface area contributed by atoms with Gasteiger partial charge in [-0.05, 0) is 43.7 Å². The molecular formula is C15H16N3O4S-. The number of amides is 1. The molecule has 23 heavy (non-hydrogen) atoms. The standard InChI is InChI=1S/C15H17N3O4S/c1-9(2)22-11-5-3-10(4-6-11)8-16-18-15-17-14(21)12(23-15)7-13(19)20/h3-6,8-9,12H,7H2,1-2H3,(H,19,20)(H,17,18,21)/p-1/b16-8+. The Labute approximate surface area is 137 Å². The zero-order valence-electron chi connectivity index (χ0n) is 12.7. The fourth-order valence-electron chi connectivity index (χ4n) is 1.79. The summed E-state index contributed by atoms with van der Waals surface area (Å²) in [5.74, 6) is -0.901. The van der Waals surface area contributed by atoms with Gasteiger partial charge in [0.15, 0.2) is 5.17 Å². The molecule has 2 rings (SSSR count). The van der Waals surface area contributed by atoms with Crippen molar-refractivity contribution in [1.29, 1.82) is 0 Å². The third-order valence-corrected chi connectivity index (χ3v) is 3.81. The van der Waals surface area contributed by atoms with Gasteiger partial charge in [0.05, 0.1) is 17.6 Å². The van der Waals surface area contributed by atoms with Gasteiger partial charge in [-0.3, -0.25) is 4.79 Å². The molecule has 0 radical (unpaired) electrons. The summed E-state index contributed by atoms with van der Waals surface area (Å²) in [4.78, 5) is 22.0. The predicted octanol–water partition coefficient (Wildman–Crippen LogP) is 0.535. The molecule has 1 N–H and O–H groups in total. The second-order valence-corrected chi connectivity index (χ2v) is 6.25. The van der Waals surface area contributed by atoms with Crippen LogP contribution in [0.2, 0.25) is 0 Å². The molecule has 122 valence electrons. The molecule has 7 nitrogen and oxygen atoms in total. The van der Waals surface area contributed by atoms with Gasteiger partial charge in [-0.25, -0.2) is 0 Å². The Kier molecular flexibility index (Phi) is 5.75. The zero-order chi connectivity index (χ0) is 16.8. The summed E-state index contributed by atoms with van der Waals surface area (Å²) in [6.07, 6.45) is 1.29. The topological polar surface area (TPSA) is 103 Å². The lowest BCUT2D eigenvalue weighted by molar-refractivity contribution is -0.305. The summed E-state index contributed by atoms with van der Waals surface area (Å²) >= 11 is 1.03. The van der Waals surface area contributed by atoms with Crippen molar-refractivity contribution in [3.63, 3.8) is 0 Å². The van der Waals surface area contributed by atoms with Gasteiger partial charge in [0, 0.05) is 12.4 Å². The molecule has 1 unspecified atom stereocenters. The third-order valence-electron chi connectivity index (χ3n) is 2.74. The van der Waals surface area contributed by atoms with Crippen molar-refractivity contribution in [3.8, 4) is 5.75 Å². The number of carboxylic acids is 1. The van der Waals surface area contributed by atoms with Crippen LogP contribution in [0.4, 0.5) is 0 Å². The van der Waals surface area contributed by atoms with Crippen LogP contribution in [0, 0.1) is 0 Å². The first-order valence-corrected chi connectivity index (χ1v) is 7.87. The van der Waals surface area contributed by atoms with Gasteiger partial charge in [-0.1, -0.05) is 11.8 Å². The molecule has 0 aliphatic carbocycles. The molecule has 0 spiro atoms. The van der Waals surface area contributed by atoms with E-state index in [0.29, 0.717) is 0 Å². The Morgan fingerprint density at radius 1 is 1.43 bits per heavy atom. The van der Waals surface area contributed by atoms with Crippen LogP contribution >= 0.6 is 11.8 Å². The highest BCUT2D eigenvalue weighted by molar-refractivity contribution is 8.15. The molecule has 1 amide bonds. The van der Waals surface area contributed by atoms with E-state index in [1.54, 1.807) is 0 Å². The number of aliphatic carboxylic acids is 1. The number of rotatable bonds is 6. The normalized spacial score (nSPS) is 19.5. The molecule has 0 saturated carbocycles. The molecule has 0 aromatic heterocycles. The van der Waals surface area contributed by atoms with E-state index in [-0.39, 0.29) is 17.7 Å². The molecule has 1 aliphatic rings. The van der Waals surface area contributed by atoms with E-state index >= 15 is 0 Å². The summed E-state index contributed by atoms with van der Waals surface area (Å²) in [6, 6.07) is 7.33. The van der Waals surface area contributed by atoms with Crippen molar-refractivity contribution >= 4 is 35.0 Å². The van der Waals surface area contributed by atoms with Crippen molar-refractivity contribution in [1.82, 2.24) is 5.32 Å². The smallest absolute Gasteiger partial charge is 0.239 e. The molecule has 8 heteroatoms. The van der Waals surface area contributed by atoms with Crippen molar-refractivity contribution in [2.75, 3.05) is 0 Å². The third kappa shape index (κ3) is 5.41. The molecule has 1 aromatic carbocycles. The fraction of sp³-hybridized carbons (Fsp3) is 0.333. The van der Waals surface area contributed by atoms with Gasteiger partial charge in [0.25, 0.3) is 0 Å². The van der Waals surface area contributed by atoms with Gasteiger partial charge in [-0.15, -0.1) is 5.10 Å². The first-order valence-electron chi connectivity index (χ1n) is 6.99. The molecule has 1 aliphatic heterocycles. The fourth-order valence-corrected chi connectivity index (χ4v) is 2.70. The molecule has 1 atom stereocenters. The lowest BCUT2D eigenvalue weighted by Crippen LogP contribution is -2.31. The first kappa shape index (κ1) is 17.0. The highest BCUT2D eigenvalue weighted by Crippen LogP contribution is 2.22. The van der Waals surface area contributed by atoms with Gasteiger partial charge in [0.1, 0.15) is 5.75 Å². The maximum absolute atomic E-state index is 11.5. The van der Waals surface area contributed by atoms with E-state index in [4.69, 9.17) is 4.74 Å². The van der Waals surface area contributed by atoms with E-state index in [0.717, 1.165) is 23.1 Å². The zero-order valence-corrected chi connectivity index (χ0v) is 13.5. The number of carboxylic acid groups (broad SMARTS) is 1. The molecule has 1 fully saturated rings. The van der Waals surface area contributed by atoms with Crippen LogP contribution in [0.5, 0.6) is 5.75 Å². The van der Waals surface area contributed by atoms with E-state index in [1.807, 2.05) is 38.1 Å². The van der Waals surface area contributed by atoms with Crippen LogP contribution in [0.15, 0.2) is 34.5 Å². The SMILES string of the molecule is CC(C)Oc1ccc(/C=N/N=C2/NC(=O)C(CC(=O)[O-])S2)cc1. The average Bonchev–Trinajstić information content (AvgIpc) is 2.80. The van der Waals surface area contributed by atoms with Gasteiger partial charge < -0.3 is 20.0 Å². The molecule has 1 aromatic rings. The molecule has 1 saturated heterocycles. The Bertz CT molecular complexity index is 641. The summed E-state index contributed by atoms with van der Waals surface area (Å²) in [6.45, 7) is 3.90. The summed E-state index contributed by atoms with van der Waals surface area (Å²) in [5.41, 5.74) is 0.825. The monoisotopic (exact) mass is 334 g/mol. The van der Waals surface area contributed by atoms with Crippen LogP contribution in [-0.4, -0.2) is 34.6 Å². The number of carbonyl (C=O) groups is 2. The minimum Gasteiger partial charge on any atom is -0.550 e. The quantitative estimate of drug-likeness (QED) is 0.604. The van der Waals surface area contributed by atoms with Gasteiger partial charge in [-0.2, -0.15) is 5.10 Å². The summed E-state index contributed by atoms with van der Waals surface area (Å²) < 4.78 is 5.53. The number of hydrogen-bond donors (Lipinski definition) is 1. The number of thioether (sulfide) groups is 1. The van der Waals surface area contributed by atoms with Crippen molar-refractivity contribution < 1.29 is 19.4 Å². The predicted molar refractivity (Wildman–Crippen MR) is 86.4 cm³/mol. The van der Waals surface area contributed by atoms with Crippen molar-refractivity contribution in [2.45, 2.75) is 31.6 Å². The number of amidine groups is 1. The Hall–Kier alpha value is -2.35. The van der Waals surface area contributed by atoms with E-state index in [1.165, 1.54) is 6.21 Å².